The molecule has 0 spiro atoms. The monoisotopic (exact) mass is 378 g/mol. The van der Waals surface area contributed by atoms with Gasteiger partial charge in [-0.2, -0.15) is 0 Å². The molecule has 0 saturated carbocycles. The van der Waals surface area contributed by atoms with Gasteiger partial charge in [0.05, 0.1) is 13.2 Å². The van der Waals surface area contributed by atoms with E-state index in [0.29, 0.717) is 49.9 Å². The maximum Gasteiger partial charge on any atom is 0.245 e. The second-order valence-corrected chi connectivity index (χ2v) is 7.05. The third-order valence-corrected chi connectivity index (χ3v) is 5.13. The van der Waals surface area contributed by atoms with Crippen LogP contribution >= 0.6 is 11.6 Å². The van der Waals surface area contributed by atoms with E-state index >= 15 is 0 Å². The molecular formula is C19H23ClN2O4. The summed E-state index contributed by atoms with van der Waals surface area (Å²) in [6.07, 6.45) is 1.73. The molecule has 1 aromatic carbocycles. The normalized spacial score (nSPS) is 20.3. The van der Waals surface area contributed by atoms with E-state index in [1.807, 2.05) is 0 Å². The Bertz CT molecular complexity index is 688. The third kappa shape index (κ3) is 4.43. The fourth-order valence-electron chi connectivity index (χ4n) is 3.49. The number of Topliss-reactive ketones (excluding diaryl/α,β-unsaturated/α-hetero) is 1. The number of carbonyl (C=O) groups is 3. The molecular weight excluding hydrogens is 356 g/mol. The topological polar surface area (TPSA) is 66.9 Å². The minimum absolute atomic E-state index is 0.000294. The zero-order valence-electron chi connectivity index (χ0n) is 14.7. The quantitative estimate of drug-likeness (QED) is 0.736. The zero-order valence-corrected chi connectivity index (χ0v) is 15.4. The number of rotatable bonds is 5. The Kier molecular flexibility index (Phi) is 6.27. The van der Waals surface area contributed by atoms with Gasteiger partial charge in [-0.05, 0) is 25.0 Å². The van der Waals surface area contributed by atoms with E-state index in [4.69, 9.17) is 16.3 Å². The van der Waals surface area contributed by atoms with Crippen molar-refractivity contribution in [1.82, 2.24) is 9.80 Å². The first-order chi connectivity index (χ1) is 12.6. The Balaban J connectivity index is 1.56. The standard InChI is InChI=1S/C19H23ClN2O4/c20-15-4-1-3-14(13-15)17(23)6-7-18(24)22-8-2-5-16(22)19(25)21-9-11-26-12-10-21/h1,3-4,13,16H,2,5-12H2. The summed E-state index contributed by atoms with van der Waals surface area (Å²) < 4.78 is 5.28. The smallest absolute Gasteiger partial charge is 0.245 e. The highest BCUT2D eigenvalue weighted by molar-refractivity contribution is 6.31. The molecule has 1 atom stereocenters. The minimum Gasteiger partial charge on any atom is -0.378 e. The van der Waals surface area contributed by atoms with Crippen molar-refractivity contribution in [1.29, 1.82) is 0 Å². The van der Waals surface area contributed by atoms with Crippen molar-refractivity contribution in [2.45, 2.75) is 31.7 Å². The van der Waals surface area contributed by atoms with E-state index < -0.39 is 6.04 Å². The van der Waals surface area contributed by atoms with Crippen molar-refractivity contribution in [3.05, 3.63) is 34.9 Å². The molecule has 0 aliphatic carbocycles. The Labute approximate surface area is 158 Å². The van der Waals surface area contributed by atoms with Gasteiger partial charge in [0.15, 0.2) is 5.78 Å². The molecule has 0 radical (unpaired) electrons. The van der Waals surface area contributed by atoms with Crippen LogP contribution in [-0.2, 0) is 14.3 Å². The molecule has 2 aliphatic heterocycles. The summed E-state index contributed by atoms with van der Waals surface area (Å²) in [5, 5.41) is 0.498. The van der Waals surface area contributed by atoms with Crippen molar-refractivity contribution >= 4 is 29.2 Å². The summed E-state index contributed by atoms with van der Waals surface area (Å²) in [7, 11) is 0. The highest BCUT2D eigenvalue weighted by atomic mass is 35.5. The highest BCUT2D eigenvalue weighted by Gasteiger charge is 2.36. The summed E-state index contributed by atoms with van der Waals surface area (Å²) in [5.74, 6) is -0.249. The minimum atomic E-state index is -0.401. The third-order valence-electron chi connectivity index (χ3n) is 4.89. The van der Waals surface area contributed by atoms with E-state index in [0.717, 1.165) is 6.42 Å². The van der Waals surface area contributed by atoms with Crippen LogP contribution in [0.4, 0.5) is 0 Å². The first-order valence-electron chi connectivity index (χ1n) is 9.01. The maximum atomic E-state index is 12.7. The lowest BCUT2D eigenvalue weighted by molar-refractivity contribution is -0.146. The second-order valence-electron chi connectivity index (χ2n) is 6.62. The number of hydrogen-bond donors (Lipinski definition) is 0. The Hall–Kier alpha value is -1.92. The van der Waals surface area contributed by atoms with E-state index in [1.165, 1.54) is 0 Å². The first-order valence-corrected chi connectivity index (χ1v) is 9.39. The lowest BCUT2D eigenvalue weighted by Gasteiger charge is -2.32. The Morgan fingerprint density at radius 3 is 2.62 bits per heavy atom. The van der Waals surface area contributed by atoms with Crippen LogP contribution in [0.2, 0.25) is 5.02 Å². The number of ether oxygens (including phenoxy) is 1. The second kappa shape index (κ2) is 8.64. The fraction of sp³-hybridized carbons (Fsp3) is 0.526. The van der Waals surface area contributed by atoms with Gasteiger partial charge in [0.1, 0.15) is 6.04 Å². The van der Waals surface area contributed by atoms with Crippen LogP contribution in [0.15, 0.2) is 24.3 Å². The van der Waals surface area contributed by atoms with Gasteiger partial charge in [-0.1, -0.05) is 23.7 Å². The number of halogens is 1. The highest BCUT2D eigenvalue weighted by Crippen LogP contribution is 2.22. The lowest BCUT2D eigenvalue weighted by atomic mass is 10.1. The number of ketones is 1. The molecule has 7 heteroatoms. The predicted molar refractivity (Wildman–Crippen MR) is 97.2 cm³/mol. The van der Waals surface area contributed by atoms with Gasteiger partial charge in [-0.25, -0.2) is 0 Å². The molecule has 140 valence electrons. The summed E-state index contributed by atoms with van der Waals surface area (Å²) in [6, 6.07) is 6.32. The van der Waals surface area contributed by atoms with Crippen molar-refractivity contribution in [3.63, 3.8) is 0 Å². The molecule has 2 amide bonds. The maximum absolute atomic E-state index is 12.7. The van der Waals surface area contributed by atoms with E-state index in [9.17, 15) is 14.4 Å². The molecule has 6 nitrogen and oxygen atoms in total. The summed E-state index contributed by atoms with van der Waals surface area (Å²) >= 11 is 5.90. The van der Waals surface area contributed by atoms with E-state index in [1.54, 1.807) is 34.1 Å². The summed E-state index contributed by atoms with van der Waals surface area (Å²) in [4.78, 5) is 41.0. The van der Waals surface area contributed by atoms with Crippen LogP contribution in [0.1, 0.15) is 36.0 Å². The number of benzene rings is 1. The van der Waals surface area contributed by atoms with Crippen LogP contribution in [0, 0.1) is 0 Å². The van der Waals surface area contributed by atoms with Gasteiger partial charge in [0, 0.05) is 43.1 Å². The van der Waals surface area contributed by atoms with Gasteiger partial charge in [-0.15, -0.1) is 0 Å². The molecule has 0 aromatic heterocycles. The van der Waals surface area contributed by atoms with Gasteiger partial charge in [0.25, 0.3) is 0 Å². The van der Waals surface area contributed by atoms with Crippen LogP contribution in [-0.4, -0.2) is 66.3 Å². The van der Waals surface area contributed by atoms with Crippen LogP contribution in [0.25, 0.3) is 0 Å². The molecule has 2 saturated heterocycles. The van der Waals surface area contributed by atoms with Crippen molar-refractivity contribution in [2.24, 2.45) is 0 Å². The molecule has 0 bridgehead atoms. The lowest BCUT2D eigenvalue weighted by Crippen LogP contribution is -2.51. The molecule has 0 N–H and O–H groups in total. The van der Waals surface area contributed by atoms with Crippen LogP contribution in [0.3, 0.4) is 0 Å². The largest absolute Gasteiger partial charge is 0.378 e. The number of hydrogen-bond acceptors (Lipinski definition) is 4. The van der Waals surface area contributed by atoms with Crippen LogP contribution < -0.4 is 0 Å². The molecule has 3 rings (SSSR count). The number of amides is 2. The molecule has 2 fully saturated rings. The summed E-state index contributed by atoms with van der Waals surface area (Å²) in [5.41, 5.74) is 0.507. The average molecular weight is 379 g/mol. The Morgan fingerprint density at radius 2 is 1.88 bits per heavy atom. The average Bonchev–Trinajstić information content (AvgIpc) is 3.16. The van der Waals surface area contributed by atoms with Crippen molar-refractivity contribution < 1.29 is 19.1 Å². The number of likely N-dealkylation sites (tertiary alicyclic amines) is 1. The molecule has 2 heterocycles. The van der Waals surface area contributed by atoms with Crippen LogP contribution in [0.5, 0.6) is 0 Å². The van der Waals surface area contributed by atoms with Gasteiger partial charge in [-0.3, -0.25) is 14.4 Å². The number of carbonyl (C=O) groups excluding carboxylic acids is 3. The molecule has 1 aromatic rings. The van der Waals surface area contributed by atoms with Gasteiger partial charge < -0.3 is 14.5 Å². The van der Waals surface area contributed by atoms with Crippen molar-refractivity contribution in [3.8, 4) is 0 Å². The number of nitrogens with zero attached hydrogens (tertiary/aromatic N) is 2. The number of morpholine rings is 1. The first kappa shape index (κ1) is 18.9. The zero-order chi connectivity index (χ0) is 18.5. The molecule has 26 heavy (non-hydrogen) atoms. The van der Waals surface area contributed by atoms with Crippen molar-refractivity contribution in [2.75, 3.05) is 32.8 Å². The fourth-order valence-corrected chi connectivity index (χ4v) is 3.68. The SMILES string of the molecule is O=C(CCC(=O)N1CCCC1C(=O)N1CCOCC1)c1cccc(Cl)c1. The van der Waals surface area contributed by atoms with Gasteiger partial charge in [0.2, 0.25) is 11.8 Å². The van der Waals surface area contributed by atoms with Gasteiger partial charge >= 0.3 is 0 Å². The molecule has 2 aliphatic rings. The summed E-state index contributed by atoms with van der Waals surface area (Å²) in [6.45, 7) is 2.81. The van der Waals surface area contributed by atoms with E-state index in [-0.39, 0.29) is 30.4 Å². The Morgan fingerprint density at radius 1 is 1.12 bits per heavy atom. The van der Waals surface area contributed by atoms with E-state index in [2.05, 4.69) is 0 Å². The predicted octanol–water partition coefficient (Wildman–Crippen LogP) is 2.15. The molecule has 1 unspecified atom stereocenters.